The van der Waals surface area contributed by atoms with Crippen molar-refractivity contribution in [2.24, 2.45) is 17.3 Å². The van der Waals surface area contributed by atoms with Crippen LogP contribution in [0.25, 0.3) is 10.5 Å². The van der Waals surface area contributed by atoms with E-state index in [0.717, 1.165) is 12.1 Å². The number of fused-ring (bicyclic) bond motifs is 1. The average molecular weight is 1010 g/mol. The van der Waals surface area contributed by atoms with Gasteiger partial charge in [0.15, 0.2) is 0 Å². The van der Waals surface area contributed by atoms with Gasteiger partial charge in [0.25, 0.3) is 17.4 Å². The van der Waals surface area contributed by atoms with Gasteiger partial charge in [-0.3, -0.25) is 39.0 Å². The van der Waals surface area contributed by atoms with E-state index in [2.05, 4.69) is 38.0 Å². The van der Waals surface area contributed by atoms with Crippen molar-refractivity contribution in [1.82, 2.24) is 20.9 Å². The van der Waals surface area contributed by atoms with E-state index in [1.165, 1.54) is 54.5 Å². The highest BCUT2D eigenvalue weighted by Crippen LogP contribution is 2.62. The lowest BCUT2D eigenvalue weighted by Gasteiger charge is -2.34. The van der Waals surface area contributed by atoms with Gasteiger partial charge in [0.05, 0.1) is 48.0 Å². The Labute approximate surface area is 421 Å². The molecule has 4 aromatic carbocycles. The van der Waals surface area contributed by atoms with Gasteiger partial charge in [0.1, 0.15) is 23.4 Å². The molecule has 14 nitrogen and oxygen atoms in total. The Hall–Kier alpha value is -6.67. The van der Waals surface area contributed by atoms with Crippen LogP contribution in [0.15, 0.2) is 79.4 Å². The predicted molar refractivity (Wildman–Crippen MR) is 267 cm³/mol. The fourth-order valence-electron chi connectivity index (χ4n) is 10.2. The maximum Gasteiger partial charge on any atom is 0.270 e. The lowest BCUT2D eigenvalue weighted by molar-refractivity contribution is -0.131. The summed E-state index contributed by atoms with van der Waals surface area (Å²) in [4.78, 5) is 84.6. The molecule has 18 heteroatoms. The molecule has 2 heterocycles. The van der Waals surface area contributed by atoms with Crippen molar-refractivity contribution >= 4 is 75.7 Å². The maximum atomic E-state index is 16.1. The van der Waals surface area contributed by atoms with Crippen LogP contribution < -0.4 is 31.3 Å². The summed E-state index contributed by atoms with van der Waals surface area (Å²) >= 11 is 12.3. The number of carbonyl (C=O) groups excluding carboxylic acids is 6. The van der Waals surface area contributed by atoms with Gasteiger partial charge in [0.2, 0.25) is 23.6 Å². The van der Waals surface area contributed by atoms with Gasteiger partial charge in [-0.25, -0.2) is 15.4 Å². The average Bonchev–Trinajstić information content (AvgIpc) is 3.69. The number of amides is 6. The standard InChI is InChI=1S/C53H55Cl2F2N7O7/c1-29-34-11-9-12-41(46(34)51(70)64(29)42-13-10-14-44(65)63-50(42)69)61-45(66)28-59-21-7-8-22-60-48(67)30-15-20-40(43(23-30)71-6)62-49(68)36-24-31(27-52(2,3)4)53(58-5,37-19-17-33(55)26-39(37)57)47(36)35-18-16-32(54)25-38(35)56/h9,11-12,15-20,23,25-26,31,36,42,47,59H,1,7-8,10,13-14,21-22,24,27-28H2,2-4,6H3,(H,60,67)(H,61,66)(H,62,68)(H,63,65,69)/t31-,36+,42-,47-,53-/m0/s1. The topological polar surface area (TPSA) is 179 Å². The first-order chi connectivity index (χ1) is 33.8. The molecule has 5 N–H and O–H groups in total. The molecule has 1 saturated carbocycles. The summed E-state index contributed by atoms with van der Waals surface area (Å²) in [5.41, 5.74) is -0.255. The summed E-state index contributed by atoms with van der Waals surface area (Å²) < 4.78 is 37.8. The van der Waals surface area contributed by atoms with E-state index in [4.69, 9.17) is 34.5 Å². The number of nitrogens with one attached hydrogen (secondary N) is 5. The number of ether oxygens (including phenoxy) is 1. The van der Waals surface area contributed by atoms with Gasteiger partial charge in [0, 0.05) is 51.3 Å². The lowest BCUT2D eigenvalue weighted by Crippen LogP contribution is -2.46. The van der Waals surface area contributed by atoms with Crippen molar-refractivity contribution in [1.29, 1.82) is 0 Å². The van der Waals surface area contributed by atoms with Crippen molar-refractivity contribution in [2.45, 2.75) is 83.2 Å². The molecule has 4 aromatic rings. The Morgan fingerprint density at radius 2 is 1.66 bits per heavy atom. The Morgan fingerprint density at radius 3 is 2.35 bits per heavy atom. The highest BCUT2D eigenvalue weighted by atomic mass is 35.5. The molecular formula is C53H55Cl2F2N7O7. The van der Waals surface area contributed by atoms with Crippen LogP contribution in [0.4, 0.5) is 20.2 Å². The minimum absolute atomic E-state index is 0.0186. The molecular weight excluding hydrogens is 956 g/mol. The largest absolute Gasteiger partial charge is 0.495 e. The van der Waals surface area contributed by atoms with E-state index in [1.807, 2.05) is 20.8 Å². The Bertz CT molecular complexity index is 2850. The first-order valence-corrected chi connectivity index (χ1v) is 24.1. The van der Waals surface area contributed by atoms with Crippen molar-refractivity contribution in [3.63, 3.8) is 0 Å². The smallest absolute Gasteiger partial charge is 0.270 e. The molecule has 2 aliphatic heterocycles. The maximum absolute atomic E-state index is 16.1. The number of halogens is 4. The third kappa shape index (κ3) is 11.1. The van der Waals surface area contributed by atoms with Crippen LogP contribution in [0.1, 0.15) is 109 Å². The van der Waals surface area contributed by atoms with Gasteiger partial charge >= 0.3 is 0 Å². The fraction of sp³-hybridized carbons (Fsp3) is 0.377. The molecule has 6 amide bonds. The van der Waals surface area contributed by atoms with E-state index in [1.54, 1.807) is 18.2 Å². The highest BCUT2D eigenvalue weighted by Gasteiger charge is 2.66. The normalized spacial score (nSPS) is 21.0. The highest BCUT2D eigenvalue weighted by molar-refractivity contribution is 6.31. The number of imide groups is 1. The van der Waals surface area contributed by atoms with Gasteiger partial charge in [-0.15, -0.1) is 0 Å². The van der Waals surface area contributed by atoms with Crippen LogP contribution in [0, 0.1) is 35.5 Å². The zero-order valence-electron chi connectivity index (χ0n) is 39.8. The van der Waals surface area contributed by atoms with Crippen LogP contribution in [0.2, 0.25) is 10.0 Å². The molecule has 7 rings (SSSR count). The quantitative estimate of drug-likeness (QED) is 0.0419. The van der Waals surface area contributed by atoms with Gasteiger partial charge in [-0.05, 0) is 105 Å². The third-order valence-corrected chi connectivity index (χ3v) is 13.8. The number of benzene rings is 4. The minimum atomic E-state index is -1.72. The summed E-state index contributed by atoms with van der Waals surface area (Å²) in [6.07, 6.45) is 2.58. The van der Waals surface area contributed by atoms with Crippen molar-refractivity contribution in [3.05, 3.63) is 140 Å². The van der Waals surface area contributed by atoms with Crippen LogP contribution in [-0.4, -0.2) is 73.1 Å². The molecule has 5 atom stereocenters. The number of unbranched alkanes of at least 4 members (excludes halogenated alkanes) is 1. The number of hydrogen-bond donors (Lipinski definition) is 5. The van der Waals surface area contributed by atoms with Gasteiger partial charge in [-0.2, -0.15) is 0 Å². The summed E-state index contributed by atoms with van der Waals surface area (Å²) in [6.45, 7) is 19.4. The van der Waals surface area contributed by atoms with Crippen LogP contribution in [-0.2, 0) is 24.7 Å². The van der Waals surface area contributed by atoms with E-state index >= 15 is 8.78 Å². The fourth-order valence-corrected chi connectivity index (χ4v) is 10.6. The molecule has 0 spiro atoms. The van der Waals surface area contributed by atoms with E-state index in [-0.39, 0.29) is 74.2 Å². The van der Waals surface area contributed by atoms with Crippen LogP contribution in [0.3, 0.4) is 0 Å². The minimum Gasteiger partial charge on any atom is -0.495 e. The summed E-state index contributed by atoms with van der Waals surface area (Å²) in [5, 5.41) is 14.2. The Morgan fingerprint density at radius 1 is 0.944 bits per heavy atom. The monoisotopic (exact) mass is 1010 g/mol. The summed E-state index contributed by atoms with van der Waals surface area (Å²) in [6, 6.07) is 16.7. The third-order valence-electron chi connectivity index (χ3n) is 13.3. The number of anilines is 2. The number of methoxy groups -OCH3 is 1. The first-order valence-electron chi connectivity index (χ1n) is 23.3. The van der Waals surface area contributed by atoms with Crippen molar-refractivity contribution in [2.75, 3.05) is 37.4 Å². The van der Waals surface area contributed by atoms with E-state index in [0.29, 0.717) is 56.5 Å². The van der Waals surface area contributed by atoms with Crippen molar-refractivity contribution < 1.29 is 42.3 Å². The molecule has 0 radical (unpaired) electrons. The molecule has 0 aromatic heterocycles. The van der Waals surface area contributed by atoms with Crippen LogP contribution in [0.5, 0.6) is 5.75 Å². The number of hydrogen-bond acceptors (Lipinski definition) is 8. The Balaban J connectivity index is 0.950. The zero-order chi connectivity index (χ0) is 51.4. The molecule has 3 aliphatic rings. The predicted octanol–water partition coefficient (Wildman–Crippen LogP) is 9.25. The lowest BCUT2D eigenvalue weighted by atomic mass is 9.67. The SMILES string of the molecule is [C-]#[N+][C@]1(c2ccc(Cl)cc2F)[C@H](CC(C)(C)C)C[C@@H](C(=O)Nc2ccc(C(=O)NCCCCNCC(=O)Nc3cccc4c3C(=O)N([C@H]3CCCC(=O)NC3=O)C4=C)cc2OC)[C@@H]1c1ccc(Cl)cc1F. The zero-order valence-corrected chi connectivity index (χ0v) is 41.3. The number of rotatable bonds is 16. The second-order valence-corrected chi connectivity index (χ2v) is 20.1. The molecule has 0 unspecified atom stereocenters. The van der Waals surface area contributed by atoms with Gasteiger partial charge < -0.3 is 30.8 Å². The molecule has 71 heavy (non-hydrogen) atoms. The number of nitrogens with zero attached hydrogens (tertiary/aromatic N) is 2. The summed E-state index contributed by atoms with van der Waals surface area (Å²) in [5.74, 6) is -6.89. The molecule has 0 bridgehead atoms. The second kappa shape index (κ2) is 21.8. The summed E-state index contributed by atoms with van der Waals surface area (Å²) in [7, 11) is 1.38. The molecule has 1 saturated heterocycles. The number of carbonyl (C=O) groups is 6. The second-order valence-electron chi connectivity index (χ2n) is 19.3. The van der Waals surface area contributed by atoms with E-state index in [9.17, 15) is 28.8 Å². The molecule has 1 aliphatic carbocycles. The Kier molecular flexibility index (Phi) is 16.0. The van der Waals surface area contributed by atoms with E-state index < -0.39 is 76.4 Å². The van der Waals surface area contributed by atoms with Crippen LogP contribution >= 0.6 is 23.2 Å². The molecule has 372 valence electrons. The van der Waals surface area contributed by atoms with Crippen molar-refractivity contribution in [3.8, 4) is 5.75 Å². The first kappa shape index (κ1) is 52.2. The molecule has 2 fully saturated rings. The van der Waals surface area contributed by atoms with Gasteiger partial charge in [-0.1, -0.05) is 68.8 Å².